The third-order valence-corrected chi connectivity index (χ3v) is 6.26. The highest BCUT2D eigenvalue weighted by Crippen LogP contribution is 2.31. The Morgan fingerprint density at radius 3 is 2.04 bits per heavy atom. The van der Waals surface area contributed by atoms with Gasteiger partial charge >= 0.3 is 0 Å². The van der Waals surface area contributed by atoms with Crippen molar-refractivity contribution in [3.63, 3.8) is 0 Å². The van der Waals surface area contributed by atoms with Gasteiger partial charge in [0, 0.05) is 29.9 Å². The number of halogens is 2. The van der Waals surface area contributed by atoms with Gasteiger partial charge in [0.1, 0.15) is 11.6 Å². The molecular formula is C19H20F2N2O2S. The molecule has 0 spiro atoms. The van der Waals surface area contributed by atoms with Crippen molar-refractivity contribution in [3.05, 3.63) is 48.0 Å². The van der Waals surface area contributed by atoms with Crippen LogP contribution in [-0.2, 0) is 16.6 Å². The molecule has 0 amide bonds. The van der Waals surface area contributed by atoms with Crippen LogP contribution < -0.4 is 0 Å². The summed E-state index contributed by atoms with van der Waals surface area (Å²) in [5.74, 6) is -0.699. The molecule has 3 aromatic rings. The summed E-state index contributed by atoms with van der Waals surface area (Å²) < 4.78 is 54.8. The van der Waals surface area contributed by atoms with Crippen LogP contribution in [0, 0.1) is 11.6 Å². The molecule has 4 rings (SSSR count). The van der Waals surface area contributed by atoms with E-state index in [4.69, 9.17) is 0 Å². The summed E-state index contributed by atoms with van der Waals surface area (Å²) in [7, 11) is -3.24. The fourth-order valence-electron chi connectivity index (χ4n) is 3.65. The Morgan fingerprint density at radius 2 is 1.58 bits per heavy atom. The van der Waals surface area contributed by atoms with Crippen molar-refractivity contribution in [2.45, 2.75) is 31.8 Å². The van der Waals surface area contributed by atoms with Gasteiger partial charge in [0.25, 0.3) is 0 Å². The van der Waals surface area contributed by atoms with Crippen LogP contribution in [0.2, 0.25) is 0 Å². The van der Waals surface area contributed by atoms with Gasteiger partial charge in [-0.3, -0.25) is 0 Å². The van der Waals surface area contributed by atoms with Crippen LogP contribution in [0.1, 0.15) is 19.3 Å². The van der Waals surface area contributed by atoms with E-state index in [1.807, 2.05) is 4.57 Å². The van der Waals surface area contributed by atoms with E-state index in [1.165, 1.54) is 30.5 Å². The highest BCUT2D eigenvalue weighted by atomic mass is 32.2. The van der Waals surface area contributed by atoms with Crippen LogP contribution >= 0.6 is 0 Å². The molecule has 7 heteroatoms. The average molecular weight is 378 g/mol. The van der Waals surface area contributed by atoms with Crippen molar-refractivity contribution in [1.82, 2.24) is 8.87 Å². The number of rotatable bonds is 6. The first kappa shape index (κ1) is 17.4. The molecule has 0 bridgehead atoms. The summed E-state index contributed by atoms with van der Waals surface area (Å²) in [4.78, 5) is 0. The molecule has 1 fully saturated rings. The Morgan fingerprint density at radius 1 is 1.04 bits per heavy atom. The van der Waals surface area contributed by atoms with Gasteiger partial charge in [-0.25, -0.2) is 17.2 Å². The maximum absolute atomic E-state index is 13.8. The van der Waals surface area contributed by atoms with E-state index in [2.05, 4.69) is 0 Å². The lowest BCUT2D eigenvalue weighted by molar-refractivity contribution is 0.392. The Labute approximate surface area is 151 Å². The molecule has 4 nitrogen and oxygen atoms in total. The lowest BCUT2D eigenvalue weighted by atomic mass is 10.1. The highest BCUT2D eigenvalue weighted by Gasteiger charge is 2.34. The zero-order chi connectivity index (χ0) is 18.5. The summed E-state index contributed by atoms with van der Waals surface area (Å²) >= 11 is 0. The minimum absolute atomic E-state index is 0.109. The summed E-state index contributed by atoms with van der Waals surface area (Å²) in [6.07, 6.45) is 3.61. The fraction of sp³-hybridized carbons (Fsp3) is 0.368. The second kappa shape index (κ2) is 6.32. The lowest BCUT2D eigenvalue weighted by Crippen LogP contribution is -2.33. The number of aromatic nitrogens is 1. The second-order valence-corrected chi connectivity index (χ2v) is 8.87. The van der Waals surface area contributed by atoms with Crippen LogP contribution in [0.4, 0.5) is 8.78 Å². The molecule has 1 aliphatic rings. The standard InChI is InChI=1S/C19H20F2N2O2S/c1-26(24,25)23(15-5-6-15)10-2-9-22-18-11-13(20)3-7-16(18)17-8-4-14(21)12-19(17)22/h3-4,7-8,11-12,15H,2,5-6,9-10H2,1H3. The van der Waals surface area contributed by atoms with Crippen LogP contribution in [0.5, 0.6) is 0 Å². The normalized spacial score (nSPS) is 15.4. The number of aryl methyl sites for hydroxylation is 1. The van der Waals surface area contributed by atoms with Crippen molar-refractivity contribution < 1.29 is 17.2 Å². The average Bonchev–Trinajstić information content (AvgIpc) is 3.34. The van der Waals surface area contributed by atoms with E-state index >= 15 is 0 Å². The van der Waals surface area contributed by atoms with Gasteiger partial charge in [-0.2, -0.15) is 4.31 Å². The quantitative estimate of drug-likeness (QED) is 0.653. The molecule has 0 aliphatic heterocycles. The fourth-order valence-corrected chi connectivity index (χ4v) is 4.86. The first-order valence-electron chi connectivity index (χ1n) is 8.68. The predicted molar refractivity (Wildman–Crippen MR) is 98.5 cm³/mol. The third-order valence-electron chi connectivity index (χ3n) is 4.93. The molecule has 0 atom stereocenters. The molecule has 2 aromatic carbocycles. The van der Waals surface area contributed by atoms with E-state index in [0.717, 1.165) is 23.6 Å². The number of sulfonamides is 1. The number of fused-ring (bicyclic) bond motifs is 3. The summed E-state index contributed by atoms with van der Waals surface area (Å²) in [5, 5.41) is 1.73. The molecule has 1 saturated carbocycles. The topological polar surface area (TPSA) is 42.3 Å². The minimum atomic E-state index is -3.24. The smallest absolute Gasteiger partial charge is 0.211 e. The number of benzene rings is 2. The number of hydrogen-bond donors (Lipinski definition) is 0. The van der Waals surface area contributed by atoms with Crippen LogP contribution in [-0.4, -0.2) is 36.1 Å². The second-order valence-electron chi connectivity index (χ2n) is 6.93. The maximum atomic E-state index is 13.8. The summed E-state index contributed by atoms with van der Waals surface area (Å²) in [6.45, 7) is 0.904. The summed E-state index contributed by atoms with van der Waals surface area (Å²) in [6, 6.07) is 9.20. The Hall–Kier alpha value is -1.99. The molecule has 1 aromatic heterocycles. The molecule has 138 valence electrons. The zero-order valence-electron chi connectivity index (χ0n) is 14.5. The molecule has 0 unspecified atom stereocenters. The van der Waals surface area contributed by atoms with Crippen LogP contribution in [0.25, 0.3) is 21.8 Å². The zero-order valence-corrected chi connectivity index (χ0v) is 15.3. The molecular weight excluding hydrogens is 358 g/mol. The van der Waals surface area contributed by atoms with Crippen molar-refractivity contribution in [2.24, 2.45) is 0 Å². The third kappa shape index (κ3) is 3.21. The Kier molecular flexibility index (Phi) is 4.23. The van der Waals surface area contributed by atoms with Crippen molar-refractivity contribution in [3.8, 4) is 0 Å². The predicted octanol–water partition coefficient (Wildman–Crippen LogP) is 3.89. The summed E-state index contributed by atoms with van der Waals surface area (Å²) in [5.41, 5.74) is 1.39. The van der Waals surface area contributed by atoms with Gasteiger partial charge in [-0.15, -0.1) is 0 Å². The molecule has 1 aliphatic carbocycles. The molecule has 0 saturated heterocycles. The monoisotopic (exact) mass is 378 g/mol. The highest BCUT2D eigenvalue weighted by molar-refractivity contribution is 7.88. The van der Waals surface area contributed by atoms with Gasteiger partial charge in [-0.1, -0.05) is 0 Å². The molecule has 1 heterocycles. The van der Waals surface area contributed by atoms with Crippen molar-refractivity contribution in [2.75, 3.05) is 12.8 Å². The first-order valence-corrected chi connectivity index (χ1v) is 10.5. The number of hydrogen-bond acceptors (Lipinski definition) is 2. The minimum Gasteiger partial charge on any atom is -0.340 e. The largest absolute Gasteiger partial charge is 0.340 e. The molecule has 0 N–H and O–H groups in total. The molecule has 0 radical (unpaired) electrons. The first-order chi connectivity index (χ1) is 12.3. The Bertz CT molecular complexity index is 1030. The van der Waals surface area contributed by atoms with Gasteiger partial charge in [-0.05, 0) is 55.7 Å². The number of nitrogens with zero attached hydrogens (tertiary/aromatic N) is 2. The van der Waals surface area contributed by atoms with Gasteiger partial charge in [0.2, 0.25) is 10.0 Å². The van der Waals surface area contributed by atoms with Crippen LogP contribution in [0.15, 0.2) is 36.4 Å². The molecule has 26 heavy (non-hydrogen) atoms. The van der Waals surface area contributed by atoms with Crippen molar-refractivity contribution in [1.29, 1.82) is 0 Å². The van der Waals surface area contributed by atoms with E-state index in [-0.39, 0.29) is 17.7 Å². The van der Waals surface area contributed by atoms with E-state index in [1.54, 1.807) is 16.4 Å². The SMILES string of the molecule is CS(=O)(=O)N(CCCn1c2cc(F)ccc2c2ccc(F)cc21)C1CC1. The van der Waals surface area contributed by atoms with Gasteiger partial charge < -0.3 is 4.57 Å². The maximum Gasteiger partial charge on any atom is 0.211 e. The van der Waals surface area contributed by atoms with E-state index < -0.39 is 10.0 Å². The van der Waals surface area contributed by atoms with Crippen molar-refractivity contribution >= 4 is 31.8 Å². The van der Waals surface area contributed by atoms with E-state index in [0.29, 0.717) is 30.5 Å². The van der Waals surface area contributed by atoms with E-state index in [9.17, 15) is 17.2 Å². The van der Waals surface area contributed by atoms with Gasteiger partial charge in [0.15, 0.2) is 0 Å². The lowest BCUT2D eigenvalue weighted by Gasteiger charge is -2.19. The van der Waals surface area contributed by atoms with Crippen LogP contribution in [0.3, 0.4) is 0 Å². The van der Waals surface area contributed by atoms with Gasteiger partial charge in [0.05, 0.1) is 17.3 Å². The Balaban J connectivity index is 1.68.